The van der Waals surface area contributed by atoms with E-state index in [1.54, 1.807) is 0 Å². The number of hydrogen-bond donors (Lipinski definition) is 1. The topological polar surface area (TPSA) is 24.9 Å². The molecule has 2 aromatic rings. The molecule has 0 radical (unpaired) electrons. The first-order chi connectivity index (χ1) is 11.1. The van der Waals surface area contributed by atoms with E-state index in [1.165, 1.54) is 18.4 Å². The zero-order valence-electron chi connectivity index (χ0n) is 14.3. The number of aromatic nitrogens is 1. The van der Waals surface area contributed by atoms with Crippen molar-refractivity contribution in [1.82, 2.24) is 4.98 Å². The van der Waals surface area contributed by atoms with E-state index in [0.717, 1.165) is 29.4 Å². The molecular weight excluding hydrogens is 304 g/mol. The standard InChI is InChI=1S/C20H27ClN2/c1-4-16(17-9-6-5-7-10-17)11-8-13-22-18-12-14-23-20(15(2)3)19(18)21/h5-7,9-10,12,14-16H,4,8,11,13H2,1-3H3,(H,22,23). The molecule has 124 valence electrons. The van der Waals surface area contributed by atoms with Gasteiger partial charge in [0.15, 0.2) is 0 Å². The molecule has 0 aliphatic rings. The quantitative estimate of drug-likeness (QED) is 0.579. The fourth-order valence-electron chi connectivity index (χ4n) is 2.90. The van der Waals surface area contributed by atoms with Crippen LogP contribution in [0.3, 0.4) is 0 Å². The number of hydrogen-bond acceptors (Lipinski definition) is 2. The van der Waals surface area contributed by atoms with Crippen molar-refractivity contribution >= 4 is 17.3 Å². The Morgan fingerprint density at radius 3 is 2.52 bits per heavy atom. The van der Waals surface area contributed by atoms with Gasteiger partial charge in [0, 0.05) is 12.7 Å². The van der Waals surface area contributed by atoms with Crippen LogP contribution >= 0.6 is 11.6 Å². The molecule has 0 aliphatic carbocycles. The van der Waals surface area contributed by atoms with E-state index in [2.05, 4.69) is 61.4 Å². The molecule has 1 atom stereocenters. The molecular formula is C20H27ClN2. The molecule has 0 bridgehead atoms. The molecule has 3 heteroatoms. The van der Waals surface area contributed by atoms with Gasteiger partial charge in [-0.25, -0.2) is 0 Å². The lowest BCUT2D eigenvalue weighted by atomic mass is 9.92. The van der Waals surface area contributed by atoms with Crippen LogP contribution < -0.4 is 5.32 Å². The molecule has 2 nitrogen and oxygen atoms in total. The van der Waals surface area contributed by atoms with Crippen LogP contribution in [0, 0.1) is 0 Å². The van der Waals surface area contributed by atoms with Gasteiger partial charge in [-0.15, -0.1) is 0 Å². The van der Waals surface area contributed by atoms with Crippen molar-refractivity contribution in [2.75, 3.05) is 11.9 Å². The molecule has 0 saturated carbocycles. The third-order valence-electron chi connectivity index (χ3n) is 4.27. The van der Waals surface area contributed by atoms with Crippen LogP contribution in [-0.2, 0) is 0 Å². The fraction of sp³-hybridized carbons (Fsp3) is 0.450. The summed E-state index contributed by atoms with van der Waals surface area (Å²) in [5.74, 6) is 0.976. The Balaban J connectivity index is 1.87. The maximum atomic E-state index is 6.44. The number of anilines is 1. The van der Waals surface area contributed by atoms with E-state index < -0.39 is 0 Å². The predicted octanol–water partition coefficient (Wildman–Crippen LogP) is 6.24. The van der Waals surface area contributed by atoms with Gasteiger partial charge in [-0.2, -0.15) is 0 Å². The average Bonchev–Trinajstić information content (AvgIpc) is 2.57. The second-order valence-electron chi connectivity index (χ2n) is 6.30. The number of halogens is 1. The lowest BCUT2D eigenvalue weighted by Gasteiger charge is -2.16. The molecule has 0 spiro atoms. The van der Waals surface area contributed by atoms with Gasteiger partial charge in [-0.1, -0.05) is 62.7 Å². The van der Waals surface area contributed by atoms with Crippen LogP contribution in [0.25, 0.3) is 0 Å². The van der Waals surface area contributed by atoms with Crippen molar-refractivity contribution in [2.45, 2.75) is 51.9 Å². The third-order valence-corrected chi connectivity index (χ3v) is 4.67. The predicted molar refractivity (Wildman–Crippen MR) is 101 cm³/mol. The first kappa shape index (κ1) is 17.8. The monoisotopic (exact) mass is 330 g/mol. The van der Waals surface area contributed by atoms with Crippen LogP contribution in [0.4, 0.5) is 5.69 Å². The second-order valence-corrected chi connectivity index (χ2v) is 6.68. The van der Waals surface area contributed by atoms with Gasteiger partial charge in [0.25, 0.3) is 0 Å². The Bertz CT molecular complexity index is 596. The molecule has 0 amide bonds. The molecule has 2 rings (SSSR count). The van der Waals surface area contributed by atoms with E-state index in [-0.39, 0.29) is 0 Å². The van der Waals surface area contributed by atoms with E-state index in [9.17, 15) is 0 Å². The van der Waals surface area contributed by atoms with Crippen molar-refractivity contribution in [3.8, 4) is 0 Å². The summed E-state index contributed by atoms with van der Waals surface area (Å²) in [6.07, 6.45) is 5.33. The van der Waals surface area contributed by atoms with Gasteiger partial charge in [-0.3, -0.25) is 4.98 Å². The number of benzene rings is 1. The van der Waals surface area contributed by atoms with Crippen molar-refractivity contribution in [1.29, 1.82) is 0 Å². The largest absolute Gasteiger partial charge is 0.384 e. The molecule has 1 heterocycles. The first-order valence-corrected chi connectivity index (χ1v) is 8.94. The Morgan fingerprint density at radius 1 is 1.13 bits per heavy atom. The van der Waals surface area contributed by atoms with Crippen molar-refractivity contribution in [3.05, 3.63) is 58.9 Å². The summed E-state index contributed by atoms with van der Waals surface area (Å²) in [5.41, 5.74) is 3.41. The Morgan fingerprint density at radius 2 is 1.87 bits per heavy atom. The molecule has 1 N–H and O–H groups in total. The van der Waals surface area contributed by atoms with Crippen LogP contribution in [-0.4, -0.2) is 11.5 Å². The zero-order chi connectivity index (χ0) is 16.7. The number of pyridine rings is 1. The molecule has 0 saturated heterocycles. The average molecular weight is 331 g/mol. The number of nitrogens with zero attached hydrogens (tertiary/aromatic N) is 1. The highest BCUT2D eigenvalue weighted by atomic mass is 35.5. The summed E-state index contributed by atoms with van der Waals surface area (Å²) in [6.45, 7) is 7.43. The minimum atomic E-state index is 0.340. The summed E-state index contributed by atoms with van der Waals surface area (Å²) >= 11 is 6.44. The van der Waals surface area contributed by atoms with E-state index >= 15 is 0 Å². The summed E-state index contributed by atoms with van der Waals surface area (Å²) in [7, 11) is 0. The summed E-state index contributed by atoms with van der Waals surface area (Å²) < 4.78 is 0. The van der Waals surface area contributed by atoms with Gasteiger partial charge < -0.3 is 5.32 Å². The highest BCUT2D eigenvalue weighted by molar-refractivity contribution is 6.33. The Kier molecular flexibility index (Phi) is 6.91. The van der Waals surface area contributed by atoms with E-state index in [4.69, 9.17) is 11.6 Å². The Hall–Kier alpha value is -1.54. The highest BCUT2D eigenvalue weighted by Crippen LogP contribution is 2.29. The molecule has 1 unspecified atom stereocenters. The number of nitrogens with one attached hydrogen (secondary N) is 1. The number of rotatable bonds is 8. The van der Waals surface area contributed by atoms with Crippen molar-refractivity contribution < 1.29 is 0 Å². The van der Waals surface area contributed by atoms with E-state index in [1.807, 2.05) is 12.3 Å². The fourth-order valence-corrected chi connectivity index (χ4v) is 3.30. The van der Waals surface area contributed by atoms with Crippen LogP contribution in [0.5, 0.6) is 0 Å². The van der Waals surface area contributed by atoms with Gasteiger partial charge in [0.1, 0.15) is 0 Å². The molecule has 0 aliphatic heterocycles. The lowest BCUT2D eigenvalue weighted by Crippen LogP contribution is -2.07. The maximum Gasteiger partial charge on any atom is 0.0855 e. The Labute approximate surface area is 145 Å². The summed E-state index contributed by atoms with van der Waals surface area (Å²) in [5, 5.41) is 4.23. The van der Waals surface area contributed by atoms with Crippen LogP contribution in [0.2, 0.25) is 5.02 Å². The molecule has 23 heavy (non-hydrogen) atoms. The zero-order valence-corrected chi connectivity index (χ0v) is 15.1. The molecule has 1 aromatic heterocycles. The van der Waals surface area contributed by atoms with E-state index in [0.29, 0.717) is 11.8 Å². The third kappa shape index (κ3) is 4.97. The minimum absolute atomic E-state index is 0.340. The maximum absolute atomic E-state index is 6.44. The highest BCUT2D eigenvalue weighted by Gasteiger charge is 2.11. The second kappa shape index (κ2) is 8.93. The first-order valence-electron chi connectivity index (χ1n) is 8.56. The van der Waals surface area contributed by atoms with Gasteiger partial charge in [0.2, 0.25) is 0 Å². The van der Waals surface area contributed by atoms with Crippen molar-refractivity contribution in [2.24, 2.45) is 0 Å². The SMILES string of the molecule is CCC(CCCNc1ccnc(C(C)C)c1Cl)c1ccccc1. The molecule has 1 aromatic carbocycles. The van der Waals surface area contributed by atoms with Gasteiger partial charge in [-0.05, 0) is 42.7 Å². The van der Waals surface area contributed by atoms with Crippen molar-refractivity contribution in [3.63, 3.8) is 0 Å². The van der Waals surface area contributed by atoms with Crippen LogP contribution in [0.15, 0.2) is 42.6 Å². The smallest absolute Gasteiger partial charge is 0.0855 e. The van der Waals surface area contributed by atoms with Gasteiger partial charge in [0.05, 0.1) is 16.4 Å². The normalized spacial score (nSPS) is 12.4. The molecule has 0 fully saturated rings. The summed E-state index contributed by atoms with van der Waals surface area (Å²) in [4.78, 5) is 4.38. The van der Waals surface area contributed by atoms with Gasteiger partial charge >= 0.3 is 0 Å². The minimum Gasteiger partial charge on any atom is -0.384 e. The lowest BCUT2D eigenvalue weighted by molar-refractivity contribution is 0.587. The van der Waals surface area contributed by atoms with Crippen LogP contribution in [0.1, 0.15) is 63.1 Å². The summed E-state index contributed by atoms with van der Waals surface area (Å²) in [6, 6.07) is 12.8.